The first-order valence-corrected chi connectivity index (χ1v) is 10.3. The van der Waals surface area contributed by atoms with Gasteiger partial charge in [-0.3, -0.25) is 14.5 Å². The molecule has 1 aliphatic rings. The number of carbonyl (C=O) groups is 2. The van der Waals surface area contributed by atoms with Gasteiger partial charge in [-0.1, -0.05) is 60.7 Å². The van der Waals surface area contributed by atoms with Crippen LogP contribution in [-0.2, 0) is 9.59 Å². The van der Waals surface area contributed by atoms with Crippen molar-refractivity contribution in [2.45, 2.75) is 38.3 Å². The van der Waals surface area contributed by atoms with Crippen LogP contribution in [0.3, 0.4) is 0 Å². The molecule has 2 amide bonds. The normalized spacial score (nSPS) is 17.4. The van der Waals surface area contributed by atoms with Gasteiger partial charge in [0.25, 0.3) is 0 Å². The third-order valence-corrected chi connectivity index (χ3v) is 5.80. The summed E-state index contributed by atoms with van der Waals surface area (Å²) < 4.78 is 0. The van der Waals surface area contributed by atoms with Crippen molar-refractivity contribution in [3.05, 3.63) is 71.8 Å². The Bertz CT molecular complexity index is 768. The van der Waals surface area contributed by atoms with Crippen molar-refractivity contribution in [3.63, 3.8) is 0 Å². The lowest BCUT2D eigenvalue weighted by Gasteiger charge is -2.38. The van der Waals surface area contributed by atoms with E-state index in [0.29, 0.717) is 13.1 Å². The van der Waals surface area contributed by atoms with Crippen molar-refractivity contribution in [2.24, 2.45) is 0 Å². The first kappa shape index (κ1) is 21.1. The van der Waals surface area contributed by atoms with Crippen LogP contribution in [0.2, 0.25) is 0 Å². The molecule has 1 saturated heterocycles. The summed E-state index contributed by atoms with van der Waals surface area (Å²) in [7, 11) is 1.80. The van der Waals surface area contributed by atoms with Gasteiger partial charge in [0.15, 0.2) is 0 Å². The van der Waals surface area contributed by atoms with Gasteiger partial charge in [-0.25, -0.2) is 0 Å². The SMILES string of the molecule is CC(C)N(C)C(=O)C[C@H]1C(=O)NCCN1CC(c1ccccc1)c1ccccc1. The monoisotopic (exact) mass is 393 g/mol. The Balaban J connectivity index is 1.84. The fourth-order valence-electron chi connectivity index (χ4n) is 3.81. The molecule has 0 unspecified atom stereocenters. The molecule has 154 valence electrons. The first-order valence-electron chi connectivity index (χ1n) is 10.3. The number of benzene rings is 2. The van der Waals surface area contributed by atoms with Crippen molar-refractivity contribution in [1.82, 2.24) is 15.1 Å². The van der Waals surface area contributed by atoms with E-state index in [4.69, 9.17) is 0 Å². The largest absolute Gasteiger partial charge is 0.353 e. The highest BCUT2D eigenvalue weighted by Crippen LogP contribution is 2.27. The molecule has 29 heavy (non-hydrogen) atoms. The van der Waals surface area contributed by atoms with Gasteiger partial charge in [0, 0.05) is 38.6 Å². The summed E-state index contributed by atoms with van der Waals surface area (Å²) in [5.41, 5.74) is 2.43. The van der Waals surface area contributed by atoms with Gasteiger partial charge in [0.2, 0.25) is 11.8 Å². The van der Waals surface area contributed by atoms with Crippen molar-refractivity contribution in [1.29, 1.82) is 0 Å². The van der Waals surface area contributed by atoms with Crippen LogP contribution >= 0.6 is 0 Å². The van der Waals surface area contributed by atoms with E-state index < -0.39 is 6.04 Å². The number of piperazine rings is 1. The van der Waals surface area contributed by atoms with Crippen LogP contribution < -0.4 is 5.32 Å². The van der Waals surface area contributed by atoms with Crippen molar-refractivity contribution >= 4 is 11.8 Å². The molecule has 1 aliphatic heterocycles. The molecule has 1 fully saturated rings. The minimum Gasteiger partial charge on any atom is -0.353 e. The summed E-state index contributed by atoms with van der Waals surface area (Å²) in [6.45, 7) is 6.02. The van der Waals surface area contributed by atoms with E-state index in [-0.39, 0.29) is 30.2 Å². The minimum absolute atomic E-state index is 0.00280. The van der Waals surface area contributed by atoms with Crippen LogP contribution in [0.1, 0.15) is 37.3 Å². The Hall–Kier alpha value is -2.66. The van der Waals surface area contributed by atoms with E-state index in [1.54, 1.807) is 11.9 Å². The number of nitrogens with one attached hydrogen (secondary N) is 1. The molecular formula is C24H31N3O2. The van der Waals surface area contributed by atoms with Crippen LogP contribution in [0.25, 0.3) is 0 Å². The molecule has 1 heterocycles. The van der Waals surface area contributed by atoms with Crippen LogP contribution in [0, 0.1) is 0 Å². The van der Waals surface area contributed by atoms with Crippen LogP contribution in [0.15, 0.2) is 60.7 Å². The molecule has 0 aromatic heterocycles. The zero-order valence-electron chi connectivity index (χ0n) is 17.5. The molecule has 0 radical (unpaired) electrons. The number of rotatable bonds is 7. The summed E-state index contributed by atoms with van der Waals surface area (Å²) in [4.78, 5) is 29.2. The highest BCUT2D eigenvalue weighted by molar-refractivity contribution is 5.88. The number of hydrogen-bond donors (Lipinski definition) is 1. The predicted molar refractivity (Wildman–Crippen MR) is 116 cm³/mol. The summed E-state index contributed by atoms with van der Waals surface area (Å²) >= 11 is 0. The molecule has 2 aromatic carbocycles. The topological polar surface area (TPSA) is 52.7 Å². The third-order valence-electron chi connectivity index (χ3n) is 5.80. The van der Waals surface area contributed by atoms with Gasteiger partial charge in [0.05, 0.1) is 12.5 Å². The Labute approximate surface area is 173 Å². The Morgan fingerprint density at radius 3 is 2.14 bits per heavy atom. The average Bonchev–Trinajstić information content (AvgIpc) is 2.74. The summed E-state index contributed by atoms with van der Waals surface area (Å²) in [6, 6.07) is 20.4. The summed E-state index contributed by atoms with van der Waals surface area (Å²) in [5, 5.41) is 2.94. The van der Waals surface area contributed by atoms with E-state index in [1.807, 2.05) is 50.2 Å². The lowest BCUT2D eigenvalue weighted by molar-refractivity contribution is -0.139. The fraction of sp³-hybridized carbons (Fsp3) is 0.417. The second-order valence-electron chi connectivity index (χ2n) is 7.98. The second kappa shape index (κ2) is 9.70. The van der Waals surface area contributed by atoms with Gasteiger partial charge < -0.3 is 10.2 Å². The van der Waals surface area contributed by atoms with E-state index in [0.717, 1.165) is 6.54 Å². The molecule has 0 bridgehead atoms. The molecule has 0 saturated carbocycles. The van der Waals surface area contributed by atoms with Crippen molar-refractivity contribution < 1.29 is 9.59 Å². The van der Waals surface area contributed by atoms with Gasteiger partial charge in [0.1, 0.15) is 0 Å². The first-order chi connectivity index (χ1) is 14.0. The molecule has 0 spiro atoms. The number of carbonyl (C=O) groups excluding carboxylic acids is 2. The molecular weight excluding hydrogens is 362 g/mol. The number of nitrogens with zero attached hydrogens (tertiary/aromatic N) is 2. The highest BCUT2D eigenvalue weighted by atomic mass is 16.2. The molecule has 1 atom stereocenters. The molecule has 1 N–H and O–H groups in total. The lowest BCUT2D eigenvalue weighted by atomic mass is 9.90. The Morgan fingerprint density at radius 1 is 1.07 bits per heavy atom. The molecule has 5 heteroatoms. The van der Waals surface area contributed by atoms with Crippen molar-refractivity contribution in [3.8, 4) is 0 Å². The molecule has 0 aliphatic carbocycles. The highest BCUT2D eigenvalue weighted by Gasteiger charge is 2.34. The van der Waals surface area contributed by atoms with E-state index in [2.05, 4.69) is 34.5 Å². The van der Waals surface area contributed by atoms with Crippen LogP contribution in [-0.4, -0.2) is 60.4 Å². The quantitative estimate of drug-likeness (QED) is 0.787. The third kappa shape index (κ3) is 5.24. The van der Waals surface area contributed by atoms with Crippen molar-refractivity contribution in [2.75, 3.05) is 26.7 Å². The van der Waals surface area contributed by atoms with Gasteiger partial charge >= 0.3 is 0 Å². The predicted octanol–water partition coefficient (Wildman–Crippen LogP) is 2.88. The Kier molecular flexibility index (Phi) is 7.04. The Morgan fingerprint density at radius 2 is 1.62 bits per heavy atom. The van der Waals surface area contributed by atoms with E-state index >= 15 is 0 Å². The van der Waals surface area contributed by atoms with Gasteiger partial charge in [-0.2, -0.15) is 0 Å². The molecule has 2 aromatic rings. The fourth-order valence-corrected chi connectivity index (χ4v) is 3.81. The van der Waals surface area contributed by atoms with Crippen LogP contribution in [0.5, 0.6) is 0 Å². The van der Waals surface area contributed by atoms with Gasteiger partial charge in [-0.15, -0.1) is 0 Å². The summed E-state index contributed by atoms with van der Waals surface area (Å²) in [6.07, 6.45) is 0.205. The smallest absolute Gasteiger partial charge is 0.237 e. The molecule has 3 rings (SSSR count). The molecule has 5 nitrogen and oxygen atoms in total. The standard InChI is InChI=1S/C24H31N3O2/c1-18(2)26(3)23(28)16-22-24(29)25-14-15-27(22)17-21(19-10-6-4-7-11-19)20-12-8-5-9-13-20/h4-13,18,21-22H,14-17H2,1-3H3,(H,25,29)/t22-/m0/s1. The van der Waals surface area contributed by atoms with Crippen LogP contribution in [0.4, 0.5) is 0 Å². The van der Waals surface area contributed by atoms with Gasteiger partial charge in [-0.05, 0) is 25.0 Å². The number of hydrogen-bond acceptors (Lipinski definition) is 3. The average molecular weight is 394 g/mol. The summed E-state index contributed by atoms with van der Waals surface area (Å²) in [5.74, 6) is 0.0911. The van der Waals surface area contributed by atoms with E-state index in [9.17, 15) is 9.59 Å². The zero-order chi connectivity index (χ0) is 20.8. The van der Waals surface area contributed by atoms with E-state index in [1.165, 1.54) is 11.1 Å². The zero-order valence-corrected chi connectivity index (χ0v) is 17.5. The lowest BCUT2D eigenvalue weighted by Crippen LogP contribution is -2.57. The maximum Gasteiger partial charge on any atom is 0.237 e. The minimum atomic E-state index is -0.438. The number of amides is 2. The maximum atomic E-state index is 12.7. The maximum absolute atomic E-state index is 12.7. The second-order valence-corrected chi connectivity index (χ2v) is 7.98.